The zero-order valence-electron chi connectivity index (χ0n) is 16.4. The second kappa shape index (κ2) is 8.20. The number of para-hydroxylation sites is 1. The van der Waals surface area contributed by atoms with E-state index in [1.54, 1.807) is 31.0 Å². The monoisotopic (exact) mass is 406 g/mol. The van der Waals surface area contributed by atoms with Gasteiger partial charge < -0.3 is 14.8 Å². The molecule has 0 bridgehead atoms. The third-order valence-corrected chi connectivity index (χ3v) is 4.72. The molecule has 8 heteroatoms. The van der Waals surface area contributed by atoms with Crippen LogP contribution in [-0.2, 0) is 0 Å². The van der Waals surface area contributed by atoms with Crippen LogP contribution in [0.2, 0.25) is 0 Å². The van der Waals surface area contributed by atoms with Gasteiger partial charge in [-0.15, -0.1) is 5.10 Å². The summed E-state index contributed by atoms with van der Waals surface area (Å²) in [5.74, 6) is 0.286. The number of rotatable bonds is 6. The second-order valence-electron chi connectivity index (χ2n) is 6.52. The summed E-state index contributed by atoms with van der Waals surface area (Å²) < 4.78 is 25.6. The molecule has 30 heavy (non-hydrogen) atoms. The van der Waals surface area contributed by atoms with E-state index in [4.69, 9.17) is 9.47 Å². The van der Waals surface area contributed by atoms with Crippen LogP contribution in [0.3, 0.4) is 0 Å². The summed E-state index contributed by atoms with van der Waals surface area (Å²) in [6.07, 6.45) is -0.685. The number of carbonyl (C=O) groups is 1. The van der Waals surface area contributed by atoms with Gasteiger partial charge in [0, 0.05) is 11.1 Å². The fourth-order valence-corrected chi connectivity index (χ4v) is 3.20. The van der Waals surface area contributed by atoms with Crippen LogP contribution in [0.4, 0.5) is 4.39 Å². The van der Waals surface area contributed by atoms with Gasteiger partial charge in [0.05, 0.1) is 19.7 Å². The van der Waals surface area contributed by atoms with Crippen LogP contribution in [-0.4, -0.2) is 35.1 Å². The number of carbonyl (C=O) groups excluding carboxylic acids is 1. The summed E-state index contributed by atoms with van der Waals surface area (Å²) in [7, 11) is 3.09. The Labute approximate surface area is 172 Å². The van der Waals surface area contributed by atoms with Crippen LogP contribution >= 0.6 is 0 Å². The molecular weight excluding hydrogens is 387 g/mol. The number of nitrogens with one attached hydrogen (secondary N) is 1. The molecule has 1 amide bonds. The van der Waals surface area contributed by atoms with Crippen LogP contribution in [0, 0.1) is 5.82 Å². The number of nitrogens with zero attached hydrogens (tertiary/aromatic N) is 3. The van der Waals surface area contributed by atoms with Gasteiger partial charge in [-0.1, -0.05) is 23.4 Å². The van der Waals surface area contributed by atoms with Crippen molar-refractivity contribution in [1.29, 1.82) is 0 Å². The molecule has 4 aromatic rings. The van der Waals surface area contributed by atoms with Gasteiger partial charge in [0.15, 0.2) is 17.7 Å². The third kappa shape index (κ3) is 3.67. The highest BCUT2D eigenvalue weighted by Crippen LogP contribution is 2.31. The number of benzene rings is 3. The van der Waals surface area contributed by atoms with Crippen molar-refractivity contribution in [2.75, 3.05) is 14.2 Å². The van der Waals surface area contributed by atoms with E-state index < -0.39 is 12.0 Å². The molecule has 0 aliphatic rings. The standard InChI is InChI=1S/C22H19FN4O3/c1-29-19-12-9-15(13-20(19)30-2)21(24-22(28)14-7-10-16(23)11-8-14)27-18-6-4-3-5-17(18)25-26-27/h3-13,21H,1-2H3,(H,24,28)/t21-/m0/s1. The molecule has 0 fully saturated rings. The van der Waals surface area contributed by atoms with Crippen LogP contribution in [0.15, 0.2) is 66.7 Å². The van der Waals surface area contributed by atoms with Gasteiger partial charge in [-0.2, -0.15) is 0 Å². The lowest BCUT2D eigenvalue weighted by atomic mass is 10.1. The van der Waals surface area contributed by atoms with E-state index in [1.165, 1.54) is 24.3 Å². The Hall–Kier alpha value is -3.94. The first-order chi connectivity index (χ1) is 14.6. The van der Waals surface area contributed by atoms with E-state index in [1.807, 2.05) is 30.3 Å². The highest BCUT2D eigenvalue weighted by molar-refractivity contribution is 5.94. The first-order valence-corrected chi connectivity index (χ1v) is 9.19. The summed E-state index contributed by atoms with van der Waals surface area (Å²) in [5.41, 5.74) is 2.47. The molecule has 0 saturated carbocycles. The van der Waals surface area contributed by atoms with Gasteiger partial charge in [-0.3, -0.25) is 4.79 Å². The molecule has 4 rings (SSSR count). The molecule has 3 aromatic carbocycles. The van der Waals surface area contributed by atoms with Gasteiger partial charge in [-0.25, -0.2) is 9.07 Å². The molecule has 1 aromatic heterocycles. The fraction of sp³-hybridized carbons (Fsp3) is 0.136. The number of fused-ring (bicyclic) bond motifs is 1. The molecule has 0 aliphatic heterocycles. The van der Waals surface area contributed by atoms with Crippen molar-refractivity contribution in [3.05, 3.63) is 83.7 Å². The molecule has 0 unspecified atom stereocenters. The lowest BCUT2D eigenvalue weighted by molar-refractivity contribution is 0.0927. The van der Waals surface area contributed by atoms with Gasteiger partial charge >= 0.3 is 0 Å². The first kappa shape index (κ1) is 19.4. The highest BCUT2D eigenvalue weighted by atomic mass is 19.1. The highest BCUT2D eigenvalue weighted by Gasteiger charge is 2.22. The zero-order valence-corrected chi connectivity index (χ0v) is 16.4. The van der Waals surface area contributed by atoms with Crippen molar-refractivity contribution in [2.24, 2.45) is 0 Å². The number of halogens is 1. The van der Waals surface area contributed by atoms with E-state index in [0.29, 0.717) is 28.1 Å². The minimum atomic E-state index is -0.685. The van der Waals surface area contributed by atoms with E-state index in [-0.39, 0.29) is 5.91 Å². The number of hydrogen-bond acceptors (Lipinski definition) is 5. The maximum atomic E-state index is 13.3. The number of methoxy groups -OCH3 is 2. The lowest BCUT2D eigenvalue weighted by Crippen LogP contribution is -2.34. The maximum Gasteiger partial charge on any atom is 0.253 e. The Balaban J connectivity index is 1.79. The third-order valence-electron chi connectivity index (χ3n) is 4.72. The van der Waals surface area contributed by atoms with Crippen LogP contribution in [0.25, 0.3) is 11.0 Å². The average molecular weight is 406 g/mol. The Morgan fingerprint density at radius 3 is 2.47 bits per heavy atom. The van der Waals surface area contributed by atoms with Crippen molar-refractivity contribution in [3.63, 3.8) is 0 Å². The molecule has 152 valence electrons. The molecule has 0 spiro atoms. The predicted octanol–water partition coefficient (Wildman–Crippen LogP) is 3.56. The molecular formula is C22H19FN4O3. The smallest absolute Gasteiger partial charge is 0.253 e. The molecule has 7 nitrogen and oxygen atoms in total. The van der Waals surface area contributed by atoms with Crippen molar-refractivity contribution < 1.29 is 18.7 Å². The van der Waals surface area contributed by atoms with E-state index in [2.05, 4.69) is 15.6 Å². The van der Waals surface area contributed by atoms with Crippen molar-refractivity contribution in [2.45, 2.75) is 6.17 Å². The lowest BCUT2D eigenvalue weighted by Gasteiger charge is -2.21. The second-order valence-corrected chi connectivity index (χ2v) is 6.52. The number of aromatic nitrogens is 3. The zero-order chi connectivity index (χ0) is 21.1. The van der Waals surface area contributed by atoms with Gasteiger partial charge in [-0.05, 0) is 48.5 Å². The summed E-state index contributed by atoms with van der Waals surface area (Å²) >= 11 is 0. The maximum absolute atomic E-state index is 13.3. The van der Waals surface area contributed by atoms with Crippen molar-refractivity contribution in [3.8, 4) is 11.5 Å². The summed E-state index contributed by atoms with van der Waals surface area (Å²) in [6, 6.07) is 18.1. The molecule has 0 aliphatic carbocycles. The summed E-state index contributed by atoms with van der Waals surface area (Å²) in [5, 5.41) is 11.4. The number of hydrogen-bond donors (Lipinski definition) is 1. The fourth-order valence-electron chi connectivity index (χ4n) is 3.20. The summed E-state index contributed by atoms with van der Waals surface area (Å²) in [6.45, 7) is 0. The Kier molecular flexibility index (Phi) is 5.30. The van der Waals surface area contributed by atoms with Crippen LogP contribution in [0.1, 0.15) is 22.1 Å². The largest absolute Gasteiger partial charge is 0.493 e. The predicted molar refractivity (Wildman–Crippen MR) is 109 cm³/mol. The van der Waals surface area contributed by atoms with Crippen LogP contribution in [0.5, 0.6) is 11.5 Å². The molecule has 0 radical (unpaired) electrons. The quantitative estimate of drug-likeness (QED) is 0.530. The van der Waals surface area contributed by atoms with Crippen molar-refractivity contribution >= 4 is 16.9 Å². The Morgan fingerprint density at radius 2 is 1.73 bits per heavy atom. The minimum absolute atomic E-state index is 0.325. The van der Waals surface area contributed by atoms with Crippen molar-refractivity contribution in [1.82, 2.24) is 20.3 Å². The topological polar surface area (TPSA) is 78.3 Å². The normalized spacial score (nSPS) is 11.8. The number of amides is 1. The molecule has 1 atom stereocenters. The average Bonchev–Trinajstić information content (AvgIpc) is 3.21. The minimum Gasteiger partial charge on any atom is -0.493 e. The van der Waals surface area contributed by atoms with E-state index >= 15 is 0 Å². The molecule has 0 saturated heterocycles. The first-order valence-electron chi connectivity index (χ1n) is 9.19. The Bertz CT molecular complexity index is 1190. The number of ether oxygens (including phenoxy) is 2. The van der Waals surface area contributed by atoms with Gasteiger partial charge in [0.25, 0.3) is 5.91 Å². The molecule has 1 N–H and O–H groups in total. The van der Waals surface area contributed by atoms with Gasteiger partial charge in [0.2, 0.25) is 0 Å². The van der Waals surface area contributed by atoms with E-state index in [9.17, 15) is 9.18 Å². The Morgan fingerprint density at radius 1 is 1.00 bits per heavy atom. The van der Waals surface area contributed by atoms with E-state index in [0.717, 1.165) is 5.52 Å². The van der Waals surface area contributed by atoms with Crippen LogP contribution < -0.4 is 14.8 Å². The molecule has 1 heterocycles. The SMILES string of the molecule is COc1ccc([C@@H](NC(=O)c2ccc(F)cc2)n2nnc3ccccc32)cc1OC. The van der Waals surface area contributed by atoms with Gasteiger partial charge in [0.1, 0.15) is 11.3 Å². The summed E-state index contributed by atoms with van der Waals surface area (Å²) in [4.78, 5) is 12.9.